The second-order valence-electron chi connectivity index (χ2n) is 13.0. The van der Waals surface area contributed by atoms with Crippen molar-refractivity contribution in [2.24, 2.45) is 11.8 Å². The number of hydrogen-bond acceptors (Lipinski definition) is 8. The molecule has 3 amide bonds. The first-order valence-electron chi connectivity index (χ1n) is 17.4. The molecule has 11 nitrogen and oxygen atoms in total. The lowest BCUT2D eigenvalue weighted by molar-refractivity contribution is -0.146. The molecule has 2 aromatic carbocycles. The van der Waals surface area contributed by atoms with Crippen molar-refractivity contribution in [3.63, 3.8) is 0 Å². The Hall–Kier alpha value is -4.48. The van der Waals surface area contributed by atoms with E-state index in [-0.39, 0.29) is 50.5 Å². The number of nitrogens with one attached hydrogen (secondary N) is 1. The normalized spacial score (nSPS) is 29.2. The Kier molecular flexibility index (Phi) is 10.5. The first kappa shape index (κ1) is 34.4. The van der Waals surface area contributed by atoms with E-state index in [1.54, 1.807) is 22.0 Å². The van der Waals surface area contributed by atoms with Gasteiger partial charge >= 0.3 is 5.97 Å². The molecule has 2 fully saturated rings. The lowest BCUT2D eigenvalue weighted by Crippen LogP contribution is -2.55. The number of aliphatic hydroxyl groups is 1. The van der Waals surface area contributed by atoms with Crippen LogP contribution in [0.5, 0.6) is 0 Å². The molecule has 4 aliphatic rings. The summed E-state index contributed by atoms with van der Waals surface area (Å²) in [5.74, 6) is -3.34. The zero-order valence-corrected chi connectivity index (χ0v) is 28.2. The molecular weight excluding hydrogens is 624 g/mol. The Balaban J connectivity index is 1.39. The first-order chi connectivity index (χ1) is 23.8. The van der Waals surface area contributed by atoms with Crippen LogP contribution in [0.1, 0.15) is 51.1 Å². The fraction of sp³-hybridized carbons (Fsp3) is 0.474. The van der Waals surface area contributed by atoms with Crippen molar-refractivity contribution in [2.75, 3.05) is 49.2 Å². The van der Waals surface area contributed by atoms with Gasteiger partial charge in [-0.1, -0.05) is 54.6 Å². The second-order valence-corrected chi connectivity index (χ2v) is 13.0. The number of carbonyl (C=O) groups excluding carboxylic acids is 4. The summed E-state index contributed by atoms with van der Waals surface area (Å²) in [6.45, 7) is 6.31. The summed E-state index contributed by atoms with van der Waals surface area (Å²) >= 11 is 0. The molecule has 0 unspecified atom stereocenters. The highest BCUT2D eigenvalue weighted by atomic mass is 16.5. The number of allylic oxidation sites excluding steroid dienone is 1. The number of esters is 1. The van der Waals surface area contributed by atoms with Gasteiger partial charge in [0.2, 0.25) is 11.8 Å². The zero-order chi connectivity index (χ0) is 34.5. The fourth-order valence-electron chi connectivity index (χ4n) is 7.74. The van der Waals surface area contributed by atoms with E-state index in [0.29, 0.717) is 24.9 Å². The van der Waals surface area contributed by atoms with E-state index >= 15 is 0 Å². The number of fused-ring (bicyclic) bond motifs is 2. The number of unbranched alkanes of at least 4 members (excludes halogenated alkanes) is 1. The SMILES string of the molecule is CCN(CC)c1ccc(N2CC=C[C@@]34O[C@H]5/C=C\CCC(=O)OC[C@H](c6ccccc6)NC(=O)[C@H]5[C@@H]3C(=O)N(CCCCO)[C@H]4C2=O)cc1. The zero-order valence-electron chi connectivity index (χ0n) is 28.2. The third-order valence-corrected chi connectivity index (χ3v) is 10.2. The highest BCUT2D eigenvalue weighted by Gasteiger charge is 2.71. The lowest BCUT2D eigenvalue weighted by atomic mass is 9.77. The standard InChI is InChI=1S/C38H46N4O7/c1-3-40(4-2)27-17-19-28(20-18-27)41-23-12-21-38-33(36(46)42(22-10-11-24-43)34(38)37(41)47)32-30(49-38)15-8-9-16-31(44)48-25-29(39-35(32)45)26-13-6-5-7-14-26/h5-8,12-15,17-21,29-30,32-34,43H,3-4,9-11,16,22-25H2,1-2H3,(H,39,45)/b15-8-/t29-,30+,32-,33-,34+,38-/m1/s1. The number of likely N-dealkylation sites (tertiary alicyclic amines) is 1. The van der Waals surface area contributed by atoms with Crippen LogP contribution in [0.4, 0.5) is 11.4 Å². The molecule has 0 saturated carbocycles. The number of nitrogens with zero attached hydrogens (tertiary/aromatic N) is 3. The minimum absolute atomic E-state index is 0.0417. The topological polar surface area (TPSA) is 129 Å². The fourth-order valence-corrected chi connectivity index (χ4v) is 7.74. The van der Waals surface area contributed by atoms with Crippen LogP contribution >= 0.6 is 0 Å². The molecule has 0 aliphatic carbocycles. The highest BCUT2D eigenvalue weighted by Crippen LogP contribution is 2.53. The summed E-state index contributed by atoms with van der Waals surface area (Å²) in [5, 5.41) is 12.6. The van der Waals surface area contributed by atoms with Gasteiger partial charge in [-0.05, 0) is 62.9 Å². The molecule has 260 valence electrons. The molecule has 2 N–H and O–H groups in total. The van der Waals surface area contributed by atoms with Gasteiger partial charge in [0.15, 0.2) is 0 Å². The molecule has 2 aromatic rings. The molecule has 0 radical (unpaired) electrons. The van der Waals surface area contributed by atoms with Gasteiger partial charge < -0.3 is 34.6 Å². The third kappa shape index (κ3) is 6.61. The first-order valence-corrected chi connectivity index (χ1v) is 17.4. The largest absolute Gasteiger partial charge is 0.463 e. The van der Waals surface area contributed by atoms with E-state index in [9.17, 15) is 24.3 Å². The summed E-state index contributed by atoms with van der Waals surface area (Å²) in [4.78, 5) is 61.7. The van der Waals surface area contributed by atoms with Gasteiger partial charge in [-0.3, -0.25) is 19.2 Å². The van der Waals surface area contributed by atoms with E-state index in [2.05, 4.69) is 24.1 Å². The number of cyclic esters (lactones) is 1. The van der Waals surface area contributed by atoms with Crippen LogP contribution in [0.2, 0.25) is 0 Å². The van der Waals surface area contributed by atoms with Gasteiger partial charge in [0.05, 0.1) is 24.0 Å². The van der Waals surface area contributed by atoms with Crippen molar-refractivity contribution in [1.82, 2.24) is 10.2 Å². The van der Waals surface area contributed by atoms with Gasteiger partial charge in [0.1, 0.15) is 18.2 Å². The van der Waals surface area contributed by atoms with Crippen LogP contribution < -0.4 is 15.1 Å². The van der Waals surface area contributed by atoms with Crippen LogP contribution in [0.15, 0.2) is 78.9 Å². The minimum atomic E-state index is -1.41. The van der Waals surface area contributed by atoms with Crippen molar-refractivity contribution < 1.29 is 33.8 Å². The number of hydrogen-bond donors (Lipinski definition) is 2. The molecule has 0 bridgehead atoms. The summed E-state index contributed by atoms with van der Waals surface area (Å²) in [6, 6.07) is 15.4. The smallest absolute Gasteiger partial charge is 0.306 e. The van der Waals surface area contributed by atoms with Crippen LogP contribution in [-0.2, 0) is 28.7 Å². The summed E-state index contributed by atoms with van der Waals surface area (Å²) < 4.78 is 12.4. The number of anilines is 2. The maximum Gasteiger partial charge on any atom is 0.306 e. The Morgan fingerprint density at radius 3 is 2.43 bits per heavy atom. The third-order valence-electron chi connectivity index (χ3n) is 10.2. The average Bonchev–Trinajstić information content (AvgIpc) is 3.49. The van der Waals surface area contributed by atoms with E-state index in [1.807, 2.05) is 66.7 Å². The molecule has 6 rings (SSSR count). The Labute approximate surface area is 287 Å². The molecular formula is C38H46N4O7. The quantitative estimate of drug-likeness (QED) is 0.236. The summed E-state index contributed by atoms with van der Waals surface area (Å²) in [6.07, 6.45) is 7.86. The molecule has 6 atom stereocenters. The molecule has 0 aromatic heterocycles. The number of benzene rings is 2. The number of amides is 3. The molecule has 4 heterocycles. The second kappa shape index (κ2) is 15.0. The predicted molar refractivity (Wildman–Crippen MR) is 185 cm³/mol. The summed E-state index contributed by atoms with van der Waals surface area (Å²) in [5.41, 5.74) is 1.10. The Morgan fingerprint density at radius 2 is 1.71 bits per heavy atom. The molecule has 1 spiro atoms. The van der Waals surface area contributed by atoms with Crippen LogP contribution in [0.3, 0.4) is 0 Å². The van der Waals surface area contributed by atoms with Crippen molar-refractivity contribution in [1.29, 1.82) is 0 Å². The monoisotopic (exact) mass is 670 g/mol. The molecule has 2 saturated heterocycles. The number of aliphatic hydroxyl groups excluding tert-OH is 1. The van der Waals surface area contributed by atoms with Crippen LogP contribution in [0.25, 0.3) is 0 Å². The van der Waals surface area contributed by atoms with Crippen molar-refractivity contribution in [3.05, 3.63) is 84.5 Å². The van der Waals surface area contributed by atoms with Gasteiger partial charge in [-0.15, -0.1) is 0 Å². The van der Waals surface area contributed by atoms with Crippen molar-refractivity contribution in [2.45, 2.75) is 63.3 Å². The maximum atomic E-state index is 14.8. The van der Waals surface area contributed by atoms with Crippen LogP contribution in [-0.4, -0.2) is 90.8 Å². The van der Waals surface area contributed by atoms with Gasteiger partial charge in [-0.2, -0.15) is 0 Å². The molecule has 4 aliphatic heterocycles. The Bertz CT molecular complexity index is 1570. The average molecular weight is 671 g/mol. The number of rotatable bonds is 9. The van der Waals surface area contributed by atoms with Gasteiger partial charge in [-0.25, -0.2) is 0 Å². The number of carbonyl (C=O) groups is 4. The van der Waals surface area contributed by atoms with Gasteiger partial charge in [0, 0.05) is 50.6 Å². The predicted octanol–water partition coefficient (Wildman–Crippen LogP) is 3.54. The van der Waals surface area contributed by atoms with E-state index in [1.165, 1.54) is 0 Å². The van der Waals surface area contributed by atoms with Crippen molar-refractivity contribution >= 4 is 35.1 Å². The Morgan fingerprint density at radius 1 is 0.959 bits per heavy atom. The van der Waals surface area contributed by atoms with Crippen LogP contribution in [0, 0.1) is 11.8 Å². The maximum absolute atomic E-state index is 14.8. The minimum Gasteiger partial charge on any atom is -0.463 e. The van der Waals surface area contributed by atoms with Gasteiger partial charge in [0.25, 0.3) is 5.91 Å². The molecule has 11 heteroatoms. The van der Waals surface area contributed by atoms with E-state index in [4.69, 9.17) is 9.47 Å². The van der Waals surface area contributed by atoms with Crippen molar-refractivity contribution in [3.8, 4) is 0 Å². The van der Waals surface area contributed by atoms with E-state index in [0.717, 1.165) is 24.3 Å². The number of ether oxygens (including phenoxy) is 2. The lowest BCUT2D eigenvalue weighted by Gasteiger charge is -2.35. The van der Waals surface area contributed by atoms with E-state index < -0.39 is 41.5 Å². The highest BCUT2D eigenvalue weighted by molar-refractivity contribution is 6.05. The summed E-state index contributed by atoms with van der Waals surface area (Å²) in [7, 11) is 0. The molecule has 49 heavy (non-hydrogen) atoms.